The van der Waals surface area contributed by atoms with Crippen molar-refractivity contribution < 1.29 is 0 Å². The molecule has 0 N–H and O–H groups in total. The first kappa shape index (κ1) is 15.4. The average Bonchev–Trinajstić information content (AvgIpc) is 3.24. The lowest BCUT2D eigenvalue weighted by Crippen LogP contribution is -2.01. The molecule has 0 unspecified atom stereocenters. The van der Waals surface area contributed by atoms with Crippen LogP contribution in [0.2, 0.25) is 0 Å². The number of pyridine rings is 1. The Hall–Kier alpha value is -3.86. The van der Waals surface area contributed by atoms with Gasteiger partial charge in [-0.2, -0.15) is 4.68 Å². The summed E-state index contributed by atoms with van der Waals surface area (Å²) in [5, 5.41) is 13.5. The van der Waals surface area contributed by atoms with E-state index < -0.39 is 0 Å². The van der Waals surface area contributed by atoms with Gasteiger partial charge in [0.15, 0.2) is 5.82 Å². The number of nitrogens with zero attached hydrogens (tertiary/aromatic N) is 5. The standard InChI is InChI=1S/C22H15N5/c1-3-9-16(10-4-1)21-18-13-7-8-14-20(18)23-15-19(21)22-24-25-26-27(22)17-11-5-2-6-12-17/h1-15H. The van der Waals surface area contributed by atoms with E-state index in [1.54, 1.807) is 4.68 Å². The lowest BCUT2D eigenvalue weighted by Gasteiger charge is -2.13. The van der Waals surface area contributed by atoms with Crippen LogP contribution in [-0.4, -0.2) is 25.2 Å². The monoisotopic (exact) mass is 349 g/mol. The third-order valence-electron chi connectivity index (χ3n) is 4.55. The summed E-state index contributed by atoms with van der Waals surface area (Å²) in [7, 11) is 0. The minimum atomic E-state index is 0.665. The Kier molecular flexibility index (Phi) is 3.68. The molecule has 2 aromatic heterocycles. The summed E-state index contributed by atoms with van der Waals surface area (Å²) in [4.78, 5) is 4.65. The molecule has 2 heterocycles. The van der Waals surface area contributed by atoms with Crippen molar-refractivity contribution in [2.75, 3.05) is 0 Å². The fourth-order valence-corrected chi connectivity index (χ4v) is 3.32. The quantitative estimate of drug-likeness (QED) is 0.480. The van der Waals surface area contributed by atoms with E-state index in [0.717, 1.165) is 33.3 Å². The second-order valence-corrected chi connectivity index (χ2v) is 6.18. The summed E-state index contributed by atoms with van der Waals surface area (Å²) in [6, 6.07) is 28.3. The summed E-state index contributed by atoms with van der Waals surface area (Å²) >= 11 is 0. The molecule has 0 aliphatic carbocycles. The third-order valence-corrected chi connectivity index (χ3v) is 4.55. The van der Waals surface area contributed by atoms with Gasteiger partial charge in [-0.05, 0) is 34.2 Å². The Bertz CT molecular complexity index is 1210. The second kappa shape index (κ2) is 6.46. The number of fused-ring (bicyclic) bond motifs is 1. The van der Waals surface area contributed by atoms with Gasteiger partial charge in [0.25, 0.3) is 0 Å². The van der Waals surface area contributed by atoms with Gasteiger partial charge in [0.2, 0.25) is 0 Å². The Morgan fingerprint density at radius 1 is 0.704 bits per heavy atom. The Morgan fingerprint density at radius 2 is 1.41 bits per heavy atom. The fourth-order valence-electron chi connectivity index (χ4n) is 3.32. The normalized spacial score (nSPS) is 11.0. The van der Waals surface area contributed by atoms with Crippen LogP contribution in [0.3, 0.4) is 0 Å². The molecule has 0 saturated carbocycles. The first-order valence-electron chi connectivity index (χ1n) is 8.69. The lowest BCUT2D eigenvalue weighted by molar-refractivity contribution is 0.791. The molecule has 5 heteroatoms. The van der Waals surface area contributed by atoms with E-state index in [2.05, 4.69) is 38.7 Å². The maximum absolute atomic E-state index is 4.65. The molecular weight excluding hydrogens is 334 g/mol. The highest BCUT2D eigenvalue weighted by atomic mass is 15.5. The van der Waals surface area contributed by atoms with Crippen LogP contribution in [0.5, 0.6) is 0 Å². The molecule has 0 radical (unpaired) electrons. The Balaban J connectivity index is 1.82. The van der Waals surface area contributed by atoms with Gasteiger partial charge in [0.05, 0.1) is 11.2 Å². The smallest absolute Gasteiger partial charge is 0.189 e. The summed E-state index contributed by atoms with van der Waals surface area (Å²) < 4.78 is 1.75. The molecule has 5 nitrogen and oxygen atoms in total. The van der Waals surface area contributed by atoms with E-state index in [1.807, 2.05) is 72.9 Å². The molecule has 0 bridgehead atoms. The van der Waals surface area contributed by atoms with E-state index in [-0.39, 0.29) is 0 Å². The number of tetrazole rings is 1. The van der Waals surface area contributed by atoms with Crippen LogP contribution >= 0.6 is 0 Å². The maximum Gasteiger partial charge on any atom is 0.189 e. The van der Waals surface area contributed by atoms with Gasteiger partial charge in [-0.1, -0.05) is 66.7 Å². The highest BCUT2D eigenvalue weighted by Gasteiger charge is 2.18. The van der Waals surface area contributed by atoms with Crippen LogP contribution in [0.1, 0.15) is 0 Å². The highest BCUT2D eigenvalue weighted by molar-refractivity contribution is 6.01. The van der Waals surface area contributed by atoms with Crippen molar-refractivity contribution in [1.29, 1.82) is 0 Å². The van der Waals surface area contributed by atoms with Crippen molar-refractivity contribution >= 4 is 10.9 Å². The number of rotatable bonds is 3. The van der Waals surface area contributed by atoms with Crippen molar-refractivity contribution in [2.45, 2.75) is 0 Å². The average molecular weight is 349 g/mol. The Morgan fingerprint density at radius 3 is 2.22 bits per heavy atom. The van der Waals surface area contributed by atoms with E-state index in [1.165, 1.54) is 0 Å². The number of hydrogen-bond donors (Lipinski definition) is 0. The second-order valence-electron chi connectivity index (χ2n) is 6.18. The van der Waals surface area contributed by atoms with Crippen molar-refractivity contribution in [3.05, 3.63) is 91.1 Å². The first-order chi connectivity index (χ1) is 13.4. The number of aromatic nitrogens is 5. The van der Waals surface area contributed by atoms with Gasteiger partial charge in [-0.25, -0.2) is 0 Å². The van der Waals surface area contributed by atoms with E-state index >= 15 is 0 Å². The third kappa shape index (κ3) is 2.66. The van der Waals surface area contributed by atoms with Gasteiger partial charge in [-0.15, -0.1) is 5.10 Å². The van der Waals surface area contributed by atoms with Crippen molar-refractivity contribution in [3.8, 4) is 28.2 Å². The van der Waals surface area contributed by atoms with Crippen LogP contribution in [0.4, 0.5) is 0 Å². The zero-order valence-corrected chi connectivity index (χ0v) is 14.4. The lowest BCUT2D eigenvalue weighted by atomic mass is 9.96. The molecule has 0 aliphatic heterocycles. The molecule has 0 spiro atoms. The number of benzene rings is 3. The minimum absolute atomic E-state index is 0.665. The van der Waals surface area contributed by atoms with E-state index in [0.29, 0.717) is 5.82 Å². The van der Waals surface area contributed by atoms with Gasteiger partial charge in [-0.3, -0.25) is 4.98 Å². The van der Waals surface area contributed by atoms with E-state index in [9.17, 15) is 0 Å². The zero-order chi connectivity index (χ0) is 18.1. The summed E-state index contributed by atoms with van der Waals surface area (Å²) in [6.07, 6.45) is 1.86. The molecule has 5 rings (SSSR count). The number of para-hydroxylation sites is 2. The Labute approximate surface area is 155 Å². The zero-order valence-electron chi connectivity index (χ0n) is 14.4. The summed E-state index contributed by atoms with van der Waals surface area (Å²) in [5.41, 5.74) is 4.93. The van der Waals surface area contributed by atoms with Crippen LogP contribution in [0, 0.1) is 0 Å². The molecule has 0 saturated heterocycles. The summed E-state index contributed by atoms with van der Waals surface area (Å²) in [5.74, 6) is 0.665. The van der Waals surface area contributed by atoms with Gasteiger partial charge >= 0.3 is 0 Å². The molecule has 5 aromatic rings. The largest absolute Gasteiger partial charge is 0.255 e. The van der Waals surface area contributed by atoms with Crippen molar-refractivity contribution in [1.82, 2.24) is 25.2 Å². The predicted octanol–water partition coefficient (Wildman–Crippen LogP) is 4.54. The van der Waals surface area contributed by atoms with Crippen molar-refractivity contribution in [2.24, 2.45) is 0 Å². The van der Waals surface area contributed by atoms with Crippen LogP contribution in [-0.2, 0) is 0 Å². The molecule has 0 fully saturated rings. The first-order valence-corrected chi connectivity index (χ1v) is 8.69. The highest BCUT2D eigenvalue weighted by Crippen LogP contribution is 2.36. The molecular formula is C22H15N5. The summed E-state index contributed by atoms with van der Waals surface area (Å²) in [6.45, 7) is 0. The maximum atomic E-state index is 4.65. The van der Waals surface area contributed by atoms with Crippen LogP contribution in [0.25, 0.3) is 39.1 Å². The molecule has 128 valence electrons. The molecule has 0 atom stereocenters. The molecule has 3 aromatic carbocycles. The minimum Gasteiger partial charge on any atom is -0.255 e. The van der Waals surface area contributed by atoms with Crippen LogP contribution in [0.15, 0.2) is 91.1 Å². The SMILES string of the molecule is c1ccc(-c2c(-c3nnnn3-c3ccccc3)cnc3ccccc23)cc1. The fraction of sp³-hybridized carbons (Fsp3) is 0. The molecule has 27 heavy (non-hydrogen) atoms. The van der Waals surface area contributed by atoms with Crippen LogP contribution < -0.4 is 0 Å². The van der Waals surface area contributed by atoms with Gasteiger partial charge in [0, 0.05) is 22.7 Å². The molecule has 0 aliphatic rings. The van der Waals surface area contributed by atoms with E-state index in [4.69, 9.17) is 0 Å². The topological polar surface area (TPSA) is 56.5 Å². The van der Waals surface area contributed by atoms with Gasteiger partial charge < -0.3 is 0 Å². The predicted molar refractivity (Wildman–Crippen MR) is 105 cm³/mol. The van der Waals surface area contributed by atoms with Crippen molar-refractivity contribution in [3.63, 3.8) is 0 Å². The number of hydrogen-bond acceptors (Lipinski definition) is 4. The van der Waals surface area contributed by atoms with Gasteiger partial charge in [0.1, 0.15) is 0 Å². The molecule has 0 amide bonds.